The molecule has 1 aromatic heterocycles. The molecule has 0 aliphatic rings. The number of nitrogens with zero attached hydrogens (tertiary/aromatic N) is 1. The molecule has 96 valence electrons. The molecule has 4 nitrogen and oxygen atoms in total. The smallest absolute Gasteiger partial charge is 0.164 e. The van der Waals surface area contributed by atoms with Crippen molar-refractivity contribution in [3.63, 3.8) is 0 Å². The molecule has 0 unspecified atom stereocenters. The number of hydrogen-bond acceptors (Lipinski definition) is 5. The van der Waals surface area contributed by atoms with E-state index in [0.29, 0.717) is 11.5 Å². The van der Waals surface area contributed by atoms with E-state index in [1.807, 2.05) is 24.4 Å². The van der Waals surface area contributed by atoms with Gasteiger partial charge in [-0.05, 0) is 13.0 Å². The summed E-state index contributed by atoms with van der Waals surface area (Å²) in [6.45, 7) is 1.97. The summed E-state index contributed by atoms with van der Waals surface area (Å²) in [7, 11) is 4.84. The Hall–Kier alpha value is -1.75. The van der Waals surface area contributed by atoms with E-state index in [2.05, 4.69) is 4.98 Å². The predicted molar refractivity (Wildman–Crippen MR) is 71.9 cm³/mol. The quantitative estimate of drug-likeness (QED) is 0.851. The number of aromatic nitrogens is 1. The molecule has 2 aromatic rings. The molecule has 5 heteroatoms. The van der Waals surface area contributed by atoms with Crippen LogP contribution in [-0.4, -0.2) is 26.3 Å². The van der Waals surface area contributed by atoms with Gasteiger partial charge in [-0.15, -0.1) is 11.3 Å². The molecule has 0 radical (unpaired) electrons. The van der Waals surface area contributed by atoms with Crippen LogP contribution in [0.5, 0.6) is 17.2 Å². The summed E-state index contributed by atoms with van der Waals surface area (Å²) in [5, 5.41) is 3.01. The number of methoxy groups -OCH3 is 3. The van der Waals surface area contributed by atoms with Gasteiger partial charge < -0.3 is 14.2 Å². The van der Waals surface area contributed by atoms with Gasteiger partial charge in [0.25, 0.3) is 0 Å². The Bertz CT molecular complexity index is 551. The molecule has 0 aliphatic heterocycles. The van der Waals surface area contributed by atoms with Crippen molar-refractivity contribution >= 4 is 11.3 Å². The van der Waals surface area contributed by atoms with Crippen LogP contribution in [0.4, 0.5) is 0 Å². The van der Waals surface area contributed by atoms with Gasteiger partial charge in [-0.2, -0.15) is 0 Å². The van der Waals surface area contributed by atoms with Gasteiger partial charge in [-0.25, -0.2) is 4.98 Å². The Balaban J connectivity index is 2.58. The molecule has 0 saturated carbocycles. The van der Waals surface area contributed by atoms with Gasteiger partial charge in [-0.3, -0.25) is 0 Å². The third-order valence-electron chi connectivity index (χ3n) is 2.60. The van der Waals surface area contributed by atoms with Crippen LogP contribution in [0.1, 0.15) is 5.01 Å². The highest BCUT2D eigenvalue weighted by atomic mass is 32.1. The first kappa shape index (κ1) is 12.7. The topological polar surface area (TPSA) is 40.6 Å². The maximum absolute atomic E-state index is 5.38. The van der Waals surface area contributed by atoms with Crippen LogP contribution in [0, 0.1) is 6.92 Å². The first-order chi connectivity index (χ1) is 8.69. The summed E-state index contributed by atoms with van der Waals surface area (Å²) in [6.07, 6.45) is 0. The SMILES string of the molecule is COc1cc(OC)c(-c2csc(C)n2)cc1OC. The fraction of sp³-hybridized carbons (Fsp3) is 0.308. The standard InChI is InChI=1S/C13H15NO3S/c1-8-14-10(7-18-8)9-5-12(16-3)13(17-4)6-11(9)15-2/h5-7H,1-4H3. The molecule has 0 fully saturated rings. The van der Waals surface area contributed by atoms with Gasteiger partial charge in [0.15, 0.2) is 11.5 Å². The molecule has 1 aromatic carbocycles. The lowest BCUT2D eigenvalue weighted by Crippen LogP contribution is -1.95. The van der Waals surface area contributed by atoms with Crippen LogP contribution in [0.2, 0.25) is 0 Å². The number of benzene rings is 1. The molecule has 0 saturated heterocycles. The van der Waals surface area contributed by atoms with Crippen LogP contribution < -0.4 is 14.2 Å². The number of hydrogen-bond donors (Lipinski definition) is 0. The second kappa shape index (κ2) is 5.27. The predicted octanol–water partition coefficient (Wildman–Crippen LogP) is 3.14. The largest absolute Gasteiger partial charge is 0.496 e. The van der Waals surface area contributed by atoms with Gasteiger partial charge in [0.1, 0.15) is 5.75 Å². The minimum Gasteiger partial charge on any atom is -0.496 e. The Kier molecular flexibility index (Phi) is 3.72. The zero-order valence-corrected chi connectivity index (χ0v) is 11.6. The van der Waals surface area contributed by atoms with Crippen molar-refractivity contribution in [2.24, 2.45) is 0 Å². The first-order valence-corrected chi connectivity index (χ1v) is 6.30. The molecular formula is C13H15NO3S. The fourth-order valence-electron chi connectivity index (χ4n) is 1.72. The Morgan fingerprint density at radius 3 is 2.06 bits per heavy atom. The van der Waals surface area contributed by atoms with Crippen LogP contribution in [0.3, 0.4) is 0 Å². The lowest BCUT2D eigenvalue weighted by Gasteiger charge is -2.12. The highest BCUT2D eigenvalue weighted by Crippen LogP contribution is 2.40. The van der Waals surface area contributed by atoms with Crippen molar-refractivity contribution in [3.8, 4) is 28.5 Å². The summed E-state index contributed by atoms with van der Waals surface area (Å²) in [5.41, 5.74) is 1.79. The lowest BCUT2D eigenvalue weighted by molar-refractivity contribution is 0.349. The van der Waals surface area contributed by atoms with Gasteiger partial charge in [0.2, 0.25) is 0 Å². The summed E-state index contributed by atoms with van der Waals surface area (Å²) in [6, 6.07) is 3.69. The minimum atomic E-state index is 0.644. The zero-order chi connectivity index (χ0) is 13.1. The maximum Gasteiger partial charge on any atom is 0.164 e. The Morgan fingerprint density at radius 2 is 1.56 bits per heavy atom. The molecule has 0 amide bonds. The van der Waals surface area contributed by atoms with Crippen molar-refractivity contribution in [1.82, 2.24) is 4.98 Å². The van der Waals surface area contributed by atoms with Crippen LogP contribution in [0.15, 0.2) is 17.5 Å². The first-order valence-electron chi connectivity index (χ1n) is 5.42. The highest BCUT2D eigenvalue weighted by molar-refractivity contribution is 7.09. The van der Waals surface area contributed by atoms with Gasteiger partial charge in [0.05, 0.1) is 32.0 Å². The van der Waals surface area contributed by atoms with Crippen molar-refractivity contribution in [2.75, 3.05) is 21.3 Å². The van der Waals surface area contributed by atoms with E-state index >= 15 is 0 Å². The molecule has 0 spiro atoms. The van der Waals surface area contributed by atoms with Crippen LogP contribution in [0.25, 0.3) is 11.3 Å². The van der Waals surface area contributed by atoms with Gasteiger partial charge >= 0.3 is 0 Å². The molecule has 0 N–H and O–H groups in total. The number of ether oxygens (including phenoxy) is 3. The summed E-state index contributed by atoms with van der Waals surface area (Å²) < 4.78 is 15.9. The van der Waals surface area contributed by atoms with E-state index in [1.165, 1.54) is 0 Å². The summed E-state index contributed by atoms with van der Waals surface area (Å²) in [4.78, 5) is 4.46. The van der Waals surface area contributed by atoms with Crippen molar-refractivity contribution in [2.45, 2.75) is 6.92 Å². The molecule has 1 heterocycles. The Labute approximate surface area is 110 Å². The average Bonchev–Trinajstić information content (AvgIpc) is 2.83. The molecule has 0 aliphatic carbocycles. The van der Waals surface area contributed by atoms with E-state index < -0.39 is 0 Å². The van der Waals surface area contributed by atoms with Crippen molar-refractivity contribution < 1.29 is 14.2 Å². The number of aryl methyl sites for hydroxylation is 1. The fourth-order valence-corrected chi connectivity index (χ4v) is 2.33. The third kappa shape index (κ3) is 2.26. The zero-order valence-electron chi connectivity index (χ0n) is 10.8. The van der Waals surface area contributed by atoms with Crippen molar-refractivity contribution in [3.05, 3.63) is 22.5 Å². The molecule has 2 rings (SSSR count). The number of thiazole rings is 1. The normalized spacial score (nSPS) is 10.2. The van der Waals surface area contributed by atoms with E-state index in [4.69, 9.17) is 14.2 Å². The van der Waals surface area contributed by atoms with E-state index in [1.54, 1.807) is 32.7 Å². The molecular weight excluding hydrogens is 250 g/mol. The van der Waals surface area contributed by atoms with Crippen LogP contribution in [-0.2, 0) is 0 Å². The van der Waals surface area contributed by atoms with E-state index in [-0.39, 0.29) is 0 Å². The van der Waals surface area contributed by atoms with E-state index in [9.17, 15) is 0 Å². The third-order valence-corrected chi connectivity index (χ3v) is 3.37. The van der Waals surface area contributed by atoms with Gasteiger partial charge in [-0.1, -0.05) is 0 Å². The minimum absolute atomic E-state index is 0.644. The average molecular weight is 265 g/mol. The van der Waals surface area contributed by atoms with E-state index in [0.717, 1.165) is 22.0 Å². The molecule has 0 bridgehead atoms. The second-order valence-corrected chi connectivity index (χ2v) is 4.72. The maximum atomic E-state index is 5.38. The highest BCUT2D eigenvalue weighted by Gasteiger charge is 2.15. The molecule has 0 atom stereocenters. The van der Waals surface area contributed by atoms with Crippen LogP contribution >= 0.6 is 11.3 Å². The number of rotatable bonds is 4. The van der Waals surface area contributed by atoms with Crippen molar-refractivity contribution in [1.29, 1.82) is 0 Å². The molecule has 18 heavy (non-hydrogen) atoms. The van der Waals surface area contributed by atoms with Gasteiger partial charge in [0, 0.05) is 17.0 Å². The Morgan fingerprint density at radius 1 is 0.944 bits per heavy atom. The summed E-state index contributed by atoms with van der Waals surface area (Å²) >= 11 is 1.60. The second-order valence-electron chi connectivity index (χ2n) is 3.66. The summed E-state index contributed by atoms with van der Waals surface area (Å²) in [5.74, 6) is 2.03. The monoisotopic (exact) mass is 265 g/mol. The lowest BCUT2D eigenvalue weighted by atomic mass is 10.1.